The molecule has 0 aliphatic rings. The molecule has 0 bridgehead atoms. The topological polar surface area (TPSA) is 81.2 Å². The fourth-order valence-corrected chi connectivity index (χ4v) is 3.26. The SMILES string of the molecule is CC(OC(=O)c1ccnc(Cl)c1)C(=O)Nc1nc(-c2ccccc2Cl)cs1. The Morgan fingerprint density at radius 1 is 1.22 bits per heavy atom. The third kappa shape index (κ3) is 4.82. The highest BCUT2D eigenvalue weighted by atomic mass is 35.5. The highest BCUT2D eigenvalue weighted by Crippen LogP contribution is 2.30. The number of carbonyl (C=O) groups is 2. The summed E-state index contributed by atoms with van der Waals surface area (Å²) in [5.74, 6) is -1.17. The van der Waals surface area contributed by atoms with Crippen LogP contribution in [0.4, 0.5) is 5.13 Å². The summed E-state index contributed by atoms with van der Waals surface area (Å²) in [6.07, 6.45) is 0.368. The van der Waals surface area contributed by atoms with Crippen LogP contribution in [0.25, 0.3) is 11.3 Å². The summed E-state index contributed by atoms with van der Waals surface area (Å²) in [5.41, 5.74) is 1.63. The van der Waals surface area contributed by atoms with Gasteiger partial charge < -0.3 is 4.74 Å². The highest BCUT2D eigenvalue weighted by Gasteiger charge is 2.20. The van der Waals surface area contributed by atoms with Gasteiger partial charge >= 0.3 is 5.97 Å². The number of carbonyl (C=O) groups excluding carboxylic acids is 2. The second-order valence-electron chi connectivity index (χ2n) is 5.42. The van der Waals surface area contributed by atoms with Gasteiger partial charge in [0.25, 0.3) is 5.91 Å². The summed E-state index contributed by atoms with van der Waals surface area (Å²) < 4.78 is 5.15. The Hall–Kier alpha value is -2.48. The van der Waals surface area contributed by atoms with E-state index >= 15 is 0 Å². The van der Waals surface area contributed by atoms with Crippen LogP contribution in [-0.2, 0) is 9.53 Å². The molecule has 3 rings (SSSR count). The maximum absolute atomic E-state index is 12.3. The van der Waals surface area contributed by atoms with Crippen molar-refractivity contribution in [3.63, 3.8) is 0 Å². The second kappa shape index (κ2) is 8.47. The number of ether oxygens (including phenoxy) is 1. The van der Waals surface area contributed by atoms with E-state index in [1.807, 2.05) is 18.2 Å². The quantitative estimate of drug-likeness (QED) is 0.476. The Morgan fingerprint density at radius 2 is 2.00 bits per heavy atom. The number of esters is 1. The minimum Gasteiger partial charge on any atom is -0.449 e. The smallest absolute Gasteiger partial charge is 0.339 e. The fourth-order valence-electron chi connectivity index (χ4n) is 2.14. The molecule has 0 radical (unpaired) electrons. The molecule has 1 unspecified atom stereocenters. The van der Waals surface area contributed by atoms with Gasteiger partial charge in [0.15, 0.2) is 11.2 Å². The molecular weight excluding hydrogens is 409 g/mol. The number of anilines is 1. The Kier molecular flexibility index (Phi) is 6.05. The molecule has 0 spiro atoms. The van der Waals surface area contributed by atoms with Crippen molar-refractivity contribution in [3.05, 3.63) is 63.7 Å². The first kappa shape index (κ1) is 19.3. The lowest BCUT2D eigenvalue weighted by atomic mass is 10.2. The van der Waals surface area contributed by atoms with E-state index in [9.17, 15) is 9.59 Å². The number of thiazole rings is 1. The average molecular weight is 422 g/mol. The first-order valence-corrected chi connectivity index (χ1v) is 9.41. The van der Waals surface area contributed by atoms with Gasteiger partial charge in [-0.25, -0.2) is 14.8 Å². The number of hydrogen-bond donors (Lipinski definition) is 1. The van der Waals surface area contributed by atoms with Crippen molar-refractivity contribution in [2.24, 2.45) is 0 Å². The standard InChI is InChI=1S/C18H13Cl2N3O3S/c1-10(26-17(25)11-6-7-21-15(20)8-11)16(24)23-18-22-14(9-27-18)12-4-2-3-5-13(12)19/h2-10H,1H3,(H,22,23,24). The largest absolute Gasteiger partial charge is 0.449 e. The predicted octanol–water partition coefficient (Wildman–Crippen LogP) is 4.70. The van der Waals surface area contributed by atoms with Gasteiger partial charge in [0.1, 0.15) is 5.15 Å². The van der Waals surface area contributed by atoms with E-state index in [-0.39, 0.29) is 10.7 Å². The molecule has 9 heteroatoms. The van der Waals surface area contributed by atoms with E-state index in [1.54, 1.807) is 11.4 Å². The molecule has 1 N–H and O–H groups in total. The molecule has 6 nitrogen and oxygen atoms in total. The summed E-state index contributed by atoms with van der Waals surface area (Å²) in [4.78, 5) is 32.5. The maximum Gasteiger partial charge on any atom is 0.339 e. The van der Waals surface area contributed by atoms with Crippen molar-refractivity contribution in [3.8, 4) is 11.3 Å². The van der Waals surface area contributed by atoms with Crippen LogP contribution in [-0.4, -0.2) is 27.9 Å². The van der Waals surface area contributed by atoms with Gasteiger partial charge in [-0.1, -0.05) is 41.4 Å². The zero-order valence-corrected chi connectivity index (χ0v) is 16.3. The molecule has 1 atom stereocenters. The monoisotopic (exact) mass is 421 g/mol. The number of nitrogens with one attached hydrogen (secondary N) is 1. The lowest BCUT2D eigenvalue weighted by Crippen LogP contribution is -2.30. The first-order chi connectivity index (χ1) is 12.9. The Labute approximate surface area is 169 Å². The number of rotatable bonds is 5. The van der Waals surface area contributed by atoms with E-state index in [0.29, 0.717) is 15.8 Å². The number of pyridine rings is 1. The molecule has 138 valence electrons. The normalized spacial score (nSPS) is 11.7. The summed E-state index contributed by atoms with van der Waals surface area (Å²) in [6, 6.07) is 10.1. The molecule has 1 aromatic carbocycles. The zero-order chi connectivity index (χ0) is 19.4. The van der Waals surface area contributed by atoms with Crippen LogP contribution in [0, 0.1) is 0 Å². The van der Waals surface area contributed by atoms with Crippen LogP contribution in [0.3, 0.4) is 0 Å². The van der Waals surface area contributed by atoms with E-state index < -0.39 is 18.0 Å². The van der Waals surface area contributed by atoms with Crippen LogP contribution in [0.15, 0.2) is 48.0 Å². The van der Waals surface area contributed by atoms with Crippen molar-refractivity contribution in [1.29, 1.82) is 0 Å². The summed E-state index contributed by atoms with van der Waals surface area (Å²) >= 11 is 13.1. The number of nitrogens with zero attached hydrogens (tertiary/aromatic N) is 2. The molecule has 2 heterocycles. The maximum atomic E-state index is 12.3. The highest BCUT2D eigenvalue weighted by molar-refractivity contribution is 7.14. The van der Waals surface area contributed by atoms with E-state index in [2.05, 4.69) is 15.3 Å². The minimum atomic E-state index is -1.02. The number of benzene rings is 1. The van der Waals surface area contributed by atoms with Crippen molar-refractivity contribution >= 4 is 51.5 Å². The van der Waals surface area contributed by atoms with E-state index in [0.717, 1.165) is 5.56 Å². The molecule has 0 aliphatic carbocycles. The third-order valence-corrected chi connectivity index (χ3v) is 4.79. The van der Waals surface area contributed by atoms with Crippen molar-refractivity contribution < 1.29 is 14.3 Å². The molecular formula is C18H13Cl2N3O3S. The predicted molar refractivity (Wildman–Crippen MR) is 105 cm³/mol. The summed E-state index contributed by atoms with van der Waals surface area (Å²) in [7, 11) is 0. The van der Waals surface area contributed by atoms with E-state index in [1.165, 1.54) is 36.6 Å². The molecule has 27 heavy (non-hydrogen) atoms. The second-order valence-corrected chi connectivity index (χ2v) is 7.07. The Bertz CT molecular complexity index is 993. The van der Waals surface area contributed by atoms with Crippen LogP contribution in [0.5, 0.6) is 0 Å². The minimum absolute atomic E-state index is 0.163. The van der Waals surface area contributed by atoms with Crippen LogP contribution < -0.4 is 5.32 Å². The first-order valence-electron chi connectivity index (χ1n) is 7.78. The molecule has 1 amide bonds. The lowest BCUT2D eigenvalue weighted by Gasteiger charge is -2.12. The number of aromatic nitrogens is 2. The van der Waals surface area contributed by atoms with Crippen molar-refractivity contribution in [2.45, 2.75) is 13.0 Å². The number of amides is 1. The van der Waals surface area contributed by atoms with Crippen molar-refractivity contribution in [1.82, 2.24) is 9.97 Å². The molecule has 0 aliphatic heterocycles. The van der Waals surface area contributed by atoms with Gasteiger partial charge in [-0.05, 0) is 25.1 Å². The molecule has 0 fully saturated rings. The zero-order valence-electron chi connectivity index (χ0n) is 14.0. The number of halogens is 2. The average Bonchev–Trinajstić information content (AvgIpc) is 3.10. The molecule has 0 saturated heterocycles. The van der Waals surface area contributed by atoms with Gasteiger partial charge in [0.2, 0.25) is 0 Å². The van der Waals surface area contributed by atoms with Gasteiger partial charge in [-0.2, -0.15) is 0 Å². The van der Waals surface area contributed by atoms with Gasteiger partial charge in [0, 0.05) is 22.2 Å². The fraction of sp³-hybridized carbons (Fsp3) is 0.111. The Balaban J connectivity index is 1.63. The molecule has 2 aromatic heterocycles. The van der Waals surface area contributed by atoms with Gasteiger partial charge in [0.05, 0.1) is 11.3 Å². The van der Waals surface area contributed by atoms with Crippen molar-refractivity contribution in [2.75, 3.05) is 5.32 Å². The summed E-state index contributed by atoms with van der Waals surface area (Å²) in [5, 5.41) is 5.52. The summed E-state index contributed by atoms with van der Waals surface area (Å²) in [6.45, 7) is 1.47. The van der Waals surface area contributed by atoms with Crippen LogP contribution in [0.1, 0.15) is 17.3 Å². The van der Waals surface area contributed by atoms with Gasteiger partial charge in [-0.15, -0.1) is 11.3 Å². The van der Waals surface area contributed by atoms with Gasteiger partial charge in [-0.3, -0.25) is 10.1 Å². The molecule has 0 saturated carbocycles. The van der Waals surface area contributed by atoms with Crippen LogP contribution in [0.2, 0.25) is 10.2 Å². The number of hydrogen-bond acceptors (Lipinski definition) is 6. The molecule has 3 aromatic rings. The Morgan fingerprint density at radius 3 is 2.74 bits per heavy atom. The van der Waals surface area contributed by atoms with E-state index in [4.69, 9.17) is 27.9 Å². The third-order valence-electron chi connectivity index (χ3n) is 3.50. The lowest BCUT2D eigenvalue weighted by molar-refractivity contribution is -0.123. The van der Waals surface area contributed by atoms with Crippen LogP contribution >= 0.6 is 34.5 Å².